The first-order valence-corrected chi connectivity index (χ1v) is 9.24. The average Bonchev–Trinajstić information content (AvgIpc) is 3.24. The van der Waals surface area contributed by atoms with E-state index in [0.717, 1.165) is 35.7 Å². The van der Waals surface area contributed by atoms with Crippen molar-refractivity contribution in [3.8, 4) is 16.9 Å². The van der Waals surface area contributed by atoms with Gasteiger partial charge in [-0.05, 0) is 36.9 Å². The van der Waals surface area contributed by atoms with Crippen LogP contribution in [-0.4, -0.2) is 33.7 Å². The van der Waals surface area contributed by atoms with Crippen LogP contribution in [-0.2, 0) is 6.42 Å². The Balaban J connectivity index is 1.89. The molecule has 126 valence electrons. The molecule has 0 unspecified atom stereocenters. The Morgan fingerprint density at radius 3 is 2.88 bits per heavy atom. The Hall–Kier alpha value is -2.73. The lowest BCUT2D eigenvalue weighted by atomic mass is 10.1. The third-order valence-corrected chi connectivity index (χ3v) is 5.15. The Morgan fingerprint density at radius 2 is 2.08 bits per heavy atom. The maximum Gasteiger partial charge on any atom is 0.335 e. The molecule has 3 aromatic rings. The summed E-state index contributed by atoms with van der Waals surface area (Å²) in [7, 11) is 0. The van der Waals surface area contributed by atoms with Crippen molar-refractivity contribution in [3.63, 3.8) is 0 Å². The van der Waals surface area contributed by atoms with Gasteiger partial charge in [-0.1, -0.05) is 24.3 Å². The Labute approximate surface area is 149 Å². The van der Waals surface area contributed by atoms with E-state index in [-0.39, 0.29) is 5.56 Å². The van der Waals surface area contributed by atoms with Gasteiger partial charge < -0.3 is 10.4 Å². The largest absolute Gasteiger partial charge is 0.478 e. The number of benzene rings is 2. The standard InChI is InChI=1S/C19H17N3O2S/c1-25-16-8-3-2-7-14(16)17-15-9-10-20-18(15)22(21-17)13-6-4-5-12(11-13)19(23)24/h2-8,11,20H,9-10H2,1H3,(H,23,24). The summed E-state index contributed by atoms with van der Waals surface area (Å²) in [5.74, 6) is 0.0139. The fourth-order valence-corrected chi connectivity index (χ4v) is 3.79. The van der Waals surface area contributed by atoms with E-state index in [1.54, 1.807) is 30.0 Å². The van der Waals surface area contributed by atoms with Crippen molar-refractivity contribution >= 4 is 23.5 Å². The van der Waals surface area contributed by atoms with E-state index in [1.165, 1.54) is 10.5 Å². The highest BCUT2D eigenvalue weighted by Gasteiger charge is 2.25. The summed E-state index contributed by atoms with van der Waals surface area (Å²) >= 11 is 1.70. The van der Waals surface area contributed by atoms with Gasteiger partial charge >= 0.3 is 5.97 Å². The molecule has 1 aromatic heterocycles. The fourth-order valence-electron chi connectivity index (χ4n) is 3.19. The van der Waals surface area contributed by atoms with Crippen molar-refractivity contribution in [2.45, 2.75) is 11.3 Å². The molecule has 25 heavy (non-hydrogen) atoms. The van der Waals surface area contributed by atoms with Crippen molar-refractivity contribution in [1.82, 2.24) is 9.78 Å². The molecule has 1 aliphatic rings. The van der Waals surface area contributed by atoms with Gasteiger partial charge in [0, 0.05) is 22.6 Å². The molecule has 0 spiro atoms. The number of hydrogen-bond donors (Lipinski definition) is 2. The summed E-state index contributed by atoms with van der Waals surface area (Å²) < 4.78 is 1.82. The summed E-state index contributed by atoms with van der Waals surface area (Å²) in [6.07, 6.45) is 2.97. The molecule has 2 N–H and O–H groups in total. The Bertz CT molecular complexity index is 965. The SMILES string of the molecule is CSc1ccccc1-c1nn(-c2cccc(C(=O)O)c2)c2c1CCN2. The minimum atomic E-state index is -0.938. The van der Waals surface area contributed by atoms with Gasteiger partial charge in [0.2, 0.25) is 0 Å². The second-order valence-corrected chi connectivity index (χ2v) is 6.67. The highest BCUT2D eigenvalue weighted by molar-refractivity contribution is 7.98. The third-order valence-electron chi connectivity index (χ3n) is 4.35. The summed E-state index contributed by atoms with van der Waals surface area (Å²) in [5.41, 5.74) is 4.26. The van der Waals surface area contributed by atoms with E-state index >= 15 is 0 Å². The van der Waals surface area contributed by atoms with Crippen molar-refractivity contribution < 1.29 is 9.90 Å². The van der Waals surface area contributed by atoms with E-state index < -0.39 is 5.97 Å². The molecule has 0 radical (unpaired) electrons. The molecule has 0 fully saturated rings. The van der Waals surface area contributed by atoms with E-state index in [2.05, 4.69) is 23.7 Å². The number of carboxylic acids is 1. The van der Waals surface area contributed by atoms with Crippen LogP contribution in [0.5, 0.6) is 0 Å². The molecule has 0 amide bonds. The van der Waals surface area contributed by atoms with Gasteiger partial charge in [0.15, 0.2) is 0 Å². The summed E-state index contributed by atoms with van der Waals surface area (Å²) in [6, 6.07) is 15.1. The van der Waals surface area contributed by atoms with E-state index in [0.29, 0.717) is 0 Å². The number of aromatic carboxylic acids is 1. The zero-order valence-electron chi connectivity index (χ0n) is 13.7. The van der Waals surface area contributed by atoms with Crippen LogP contribution in [0.4, 0.5) is 5.82 Å². The molecule has 2 heterocycles. The molecule has 0 aliphatic carbocycles. The lowest BCUT2D eigenvalue weighted by molar-refractivity contribution is 0.0697. The van der Waals surface area contributed by atoms with Gasteiger partial charge in [0.25, 0.3) is 0 Å². The first-order valence-electron chi connectivity index (χ1n) is 8.02. The monoisotopic (exact) mass is 351 g/mol. The average molecular weight is 351 g/mol. The maximum atomic E-state index is 11.3. The second-order valence-electron chi connectivity index (χ2n) is 5.82. The van der Waals surface area contributed by atoms with Crippen molar-refractivity contribution in [1.29, 1.82) is 0 Å². The predicted molar refractivity (Wildman–Crippen MR) is 99.9 cm³/mol. The molecule has 0 saturated carbocycles. The molecular formula is C19H17N3O2S. The number of thioether (sulfide) groups is 1. The Kier molecular flexibility index (Phi) is 3.97. The van der Waals surface area contributed by atoms with Gasteiger partial charge in [-0.25, -0.2) is 9.48 Å². The van der Waals surface area contributed by atoms with Crippen molar-refractivity contribution in [2.75, 3.05) is 18.1 Å². The van der Waals surface area contributed by atoms with Crippen LogP contribution in [0.1, 0.15) is 15.9 Å². The van der Waals surface area contributed by atoms with Crippen LogP contribution in [0.2, 0.25) is 0 Å². The summed E-state index contributed by atoms with van der Waals surface area (Å²) in [6.45, 7) is 0.861. The number of aromatic nitrogens is 2. The smallest absolute Gasteiger partial charge is 0.335 e. The number of carbonyl (C=O) groups is 1. The lowest BCUT2D eigenvalue weighted by Crippen LogP contribution is -2.06. The molecule has 1 aliphatic heterocycles. The second kappa shape index (κ2) is 6.29. The summed E-state index contributed by atoms with van der Waals surface area (Å²) in [5, 5.41) is 17.5. The minimum absolute atomic E-state index is 0.255. The van der Waals surface area contributed by atoms with Crippen molar-refractivity contribution in [3.05, 3.63) is 59.7 Å². The predicted octanol–water partition coefficient (Wildman–Crippen LogP) is 3.93. The van der Waals surface area contributed by atoms with Gasteiger partial charge in [-0.2, -0.15) is 5.10 Å². The molecule has 0 atom stereocenters. The number of hydrogen-bond acceptors (Lipinski definition) is 4. The van der Waals surface area contributed by atoms with Crippen LogP contribution in [0.25, 0.3) is 16.9 Å². The first-order chi connectivity index (χ1) is 12.2. The number of fused-ring (bicyclic) bond motifs is 1. The van der Waals surface area contributed by atoms with Crippen LogP contribution < -0.4 is 5.32 Å². The van der Waals surface area contributed by atoms with Gasteiger partial charge in [0.1, 0.15) is 5.82 Å². The maximum absolute atomic E-state index is 11.3. The van der Waals surface area contributed by atoms with E-state index in [9.17, 15) is 9.90 Å². The molecule has 0 bridgehead atoms. The van der Waals surface area contributed by atoms with E-state index in [1.807, 2.05) is 22.9 Å². The number of nitrogens with zero attached hydrogens (tertiary/aromatic N) is 2. The quantitative estimate of drug-likeness (QED) is 0.697. The minimum Gasteiger partial charge on any atom is -0.478 e. The van der Waals surface area contributed by atoms with Crippen molar-refractivity contribution in [2.24, 2.45) is 0 Å². The highest BCUT2D eigenvalue weighted by atomic mass is 32.2. The number of anilines is 1. The summed E-state index contributed by atoms with van der Waals surface area (Å²) in [4.78, 5) is 12.5. The number of nitrogens with one attached hydrogen (secondary N) is 1. The third kappa shape index (κ3) is 2.68. The van der Waals surface area contributed by atoms with Crippen LogP contribution in [0.3, 0.4) is 0 Å². The zero-order valence-corrected chi connectivity index (χ0v) is 14.5. The highest BCUT2D eigenvalue weighted by Crippen LogP contribution is 2.38. The van der Waals surface area contributed by atoms with Gasteiger partial charge in [0.05, 0.1) is 16.9 Å². The van der Waals surface area contributed by atoms with Gasteiger partial charge in [-0.3, -0.25) is 0 Å². The molecule has 4 rings (SSSR count). The molecule has 0 saturated heterocycles. The van der Waals surface area contributed by atoms with Gasteiger partial charge in [-0.15, -0.1) is 11.8 Å². The molecule has 2 aromatic carbocycles. The van der Waals surface area contributed by atoms with Crippen LogP contribution >= 0.6 is 11.8 Å². The fraction of sp³-hybridized carbons (Fsp3) is 0.158. The first kappa shape index (κ1) is 15.8. The Morgan fingerprint density at radius 1 is 1.24 bits per heavy atom. The van der Waals surface area contributed by atoms with Crippen LogP contribution in [0, 0.1) is 0 Å². The normalized spacial score (nSPS) is 12.7. The number of carboxylic acid groups (broad SMARTS) is 1. The van der Waals surface area contributed by atoms with E-state index in [4.69, 9.17) is 5.10 Å². The lowest BCUT2D eigenvalue weighted by Gasteiger charge is -2.08. The molecule has 5 nitrogen and oxygen atoms in total. The molecule has 6 heteroatoms. The molecular weight excluding hydrogens is 334 g/mol. The zero-order chi connectivity index (χ0) is 17.4. The number of rotatable bonds is 4. The topological polar surface area (TPSA) is 67.2 Å². The van der Waals surface area contributed by atoms with Crippen LogP contribution in [0.15, 0.2) is 53.4 Å².